The number of benzene rings is 1. The van der Waals surface area contributed by atoms with Crippen LogP contribution in [0.25, 0.3) is 0 Å². The average Bonchev–Trinajstić information content (AvgIpc) is 2.34. The second-order valence-corrected chi connectivity index (χ2v) is 3.84. The number of hydrazine groups is 1. The van der Waals surface area contributed by atoms with Crippen LogP contribution < -0.4 is 11.3 Å². The third-order valence-corrected chi connectivity index (χ3v) is 2.60. The molecule has 0 aliphatic carbocycles. The molecule has 0 radical (unpaired) electrons. The van der Waals surface area contributed by atoms with Crippen molar-refractivity contribution in [2.24, 2.45) is 5.84 Å². The lowest BCUT2D eigenvalue weighted by atomic mass is 10.1. The number of hydrogen-bond donors (Lipinski definition) is 2. The monoisotopic (exact) mass is 257 g/mol. The summed E-state index contributed by atoms with van der Waals surface area (Å²) < 4.78 is 26.9. The van der Waals surface area contributed by atoms with E-state index < -0.39 is 17.3 Å². The molecule has 0 spiro atoms. The zero-order valence-electron chi connectivity index (χ0n) is 10.5. The van der Waals surface area contributed by atoms with Crippen LogP contribution in [-0.2, 0) is 0 Å². The van der Waals surface area contributed by atoms with Gasteiger partial charge in [-0.3, -0.25) is 10.6 Å². The SMILES string of the molecule is CCCN(CC)C(=O)c1cc(F)c(NN)c(F)c1. The van der Waals surface area contributed by atoms with Gasteiger partial charge in [-0.15, -0.1) is 0 Å². The van der Waals surface area contributed by atoms with E-state index in [2.05, 4.69) is 0 Å². The highest BCUT2D eigenvalue weighted by atomic mass is 19.1. The maximum Gasteiger partial charge on any atom is 0.254 e. The van der Waals surface area contributed by atoms with Crippen molar-refractivity contribution in [2.75, 3.05) is 18.5 Å². The Kier molecular flexibility index (Phi) is 5.03. The lowest BCUT2D eigenvalue weighted by molar-refractivity contribution is 0.0763. The van der Waals surface area contributed by atoms with Crippen molar-refractivity contribution in [2.45, 2.75) is 20.3 Å². The summed E-state index contributed by atoms with van der Waals surface area (Å²) in [5.74, 6) is 2.84. The van der Waals surface area contributed by atoms with E-state index >= 15 is 0 Å². The Hall–Kier alpha value is -1.69. The van der Waals surface area contributed by atoms with Crippen LogP contribution in [0.1, 0.15) is 30.6 Å². The van der Waals surface area contributed by atoms with Gasteiger partial charge < -0.3 is 10.3 Å². The van der Waals surface area contributed by atoms with Gasteiger partial charge in [0.15, 0.2) is 11.6 Å². The summed E-state index contributed by atoms with van der Waals surface area (Å²) in [4.78, 5) is 13.5. The van der Waals surface area contributed by atoms with Crippen LogP contribution in [0.15, 0.2) is 12.1 Å². The van der Waals surface area contributed by atoms with E-state index in [0.717, 1.165) is 18.6 Å². The standard InChI is InChI=1S/C12H17F2N3O/c1-3-5-17(4-2)12(18)8-6-9(13)11(16-15)10(14)7-8/h6-7,16H,3-5,15H2,1-2H3. The summed E-state index contributed by atoms with van der Waals surface area (Å²) >= 11 is 0. The number of amides is 1. The number of nitrogens with zero attached hydrogens (tertiary/aromatic N) is 1. The Bertz CT molecular complexity index is 414. The predicted octanol–water partition coefficient (Wildman–Crippen LogP) is 2.12. The Morgan fingerprint density at radius 1 is 1.33 bits per heavy atom. The molecule has 0 fully saturated rings. The van der Waals surface area contributed by atoms with Crippen LogP contribution in [-0.4, -0.2) is 23.9 Å². The Labute approximate surface area is 105 Å². The number of rotatable bonds is 5. The number of carbonyl (C=O) groups excluding carboxylic acids is 1. The molecule has 0 unspecified atom stereocenters. The first-order valence-electron chi connectivity index (χ1n) is 5.80. The van der Waals surface area contributed by atoms with E-state index in [9.17, 15) is 13.6 Å². The zero-order chi connectivity index (χ0) is 13.7. The van der Waals surface area contributed by atoms with Crippen molar-refractivity contribution in [3.8, 4) is 0 Å². The molecule has 0 saturated carbocycles. The van der Waals surface area contributed by atoms with Gasteiger partial charge >= 0.3 is 0 Å². The second-order valence-electron chi connectivity index (χ2n) is 3.84. The van der Waals surface area contributed by atoms with Crippen molar-refractivity contribution >= 4 is 11.6 Å². The molecule has 0 bridgehead atoms. The minimum atomic E-state index is -0.881. The number of carbonyl (C=O) groups is 1. The summed E-state index contributed by atoms with van der Waals surface area (Å²) in [6.45, 7) is 4.79. The average molecular weight is 257 g/mol. The molecule has 4 nitrogen and oxygen atoms in total. The van der Waals surface area contributed by atoms with Gasteiger partial charge in [-0.05, 0) is 25.5 Å². The predicted molar refractivity (Wildman–Crippen MR) is 66.0 cm³/mol. The Morgan fingerprint density at radius 2 is 1.89 bits per heavy atom. The van der Waals surface area contributed by atoms with Gasteiger partial charge in [0.25, 0.3) is 5.91 Å². The summed E-state index contributed by atoms with van der Waals surface area (Å²) in [6.07, 6.45) is 0.785. The minimum Gasteiger partial charge on any atom is -0.339 e. The van der Waals surface area contributed by atoms with Gasteiger partial charge in [0, 0.05) is 18.7 Å². The molecule has 0 aliphatic heterocycles. The second kappa shape index (κ2) is 6.30. The first-order chi connectivity index (χ1) is 8.54. The number of hydrogen-bond acceptors (Lipinski definition) is 3. The molecule has 18 heavy (non-hydrogen) atoms. The van der Waals surface area contributed by atoms with Crippen molar-refractivity contribution in [3.63, 3.8) is 0 Å². The number of nitrogens with two attached hydrogens (primary N) is 1. The van der Waals surface area contributed by atoms with E-state index in [1.807, 2.05) is 19.3 Å². The van der Waals surface area contributed by atoms with Gasteiger partial charge in [0.05, 0.1) is 0 Å². The first kappa shape index (κ1) is 14.4. The largest absolute Gasteiger partial charge is 0.339 e. The fourth-order valence-corrected chi connectivity index (χ4v) is 1.69. The van der Waals surface area contributed by atoms with Gasteiger partial charge in [-0.1, -0.05) is 6.92 Å². The van der Waals surface area contributed by atoms with Crippen LogP contribution in [0.5, 0.6) is 0 Å². The number of nitrogen functional groups attached to an aromatic ring is 1. The zero-order valence-corrected chi connectivity index (χ0v) is 10.5. The summed E-state index contributed by atoms with van der Waals surface area (Å²) in [5.41, 5.74) is 1.47. The van der Waals surface area contributed by atoms with Gasteiger partial charge in [0.1, 0.15) is 5.69 Å². The van der Waals surface area contributed by atoms with Crippen LogP contribution in [0.4, 0.5) is 14.5 Å². The third kappa shape index (κ3) is 2.95. The summed E-state index contributed by atoms with van der Waals surface area (Å²) in [7, 11) is 0. The quantitative estimate of drug-likeness (QED) is 0.627. The normalized spacial score (nSPS) is 10.3. The molecular weight excluding hydrogens is 240 g/mol. The molecule has 3 N–H and O–H groups in total. The van der Waals surface area contributed by atoms with Crippen molar-refractivity contribution in [1.29, 1.82) is 0 Å². The molecule has 1 amide bonds. The highest BCUT2D eigenvalue weighted by Crippen LogP contribution is 2.20. The van der Waals surface area contributed by atoms with Gasteiger partial charge in [-0.25, -0.2) is 8.78 Å². The summed E-state index contributed by atoms with van der Waals surface area (Å²) in [5, 5.41) is 0. The fourth-order valence-electron chi connectivity index (χ4n) is 1.69. The van der Waals surface area contributed by atoms with Gasteiger partial charge in [-0.2, -0.15) is 0 Å². The smallest absolute Gasteiger partial charge is 0.254 e. The molecule has 0 atom stereocenters. The molecule has 1 aromatic carbocycles. The maximum atomic E-state index is 13.5. The molecule has 1 rings (SSSR count). The highest BCUT2D eigenvalue weighted by Gasteiger charge is 2.18. The molecule has 0 saturated heterocycles. The van der Waals surface area contributed by atoms with Crippen LogP contribution >= 0.6 is 0 Å². The van der Waals surface area contributed by atoms with Crippen molar-refractivity contribution in [3.05, 3.63) is 29.3 Å². The van der Waals surface area contributed by atoms with Crippen LogP contribution in [0.3, 0.4) is 0 Å². The van der Waals surface area contributed by atoms with Crippen molar-refractivity contribution in [1.82, 2.24) is 4.90 Å². The molecular formula is C12H17F2N3O. The van der Waals surface area contributed by atoms with Crippen molar-refractivity contribution < 1.29 is 13.6 Å². The van der Waals surface area contributed by atoms with E-state index in [1.165, 1.54) is 4.90 Å². The molecule has 6 heteroatoms. The van der Waals surface area contributed by atoms with E-state index in [1.54, 1.807) is 0 Å². The number of halogens is 2. The van der Waals surface area contributed by atoms with E-state index in [0.29, 0.717) is 13.1 Å². The Balaban J connectivity index is 3.06. The molecule has 100 valence electrons. The van der Waals surface area contributed by atoms with Crippen LogP contribution in [0.2, 0.25) is 0 Å². The van der Waals surface area contributed by atoms with E-state index in [-0.39, 0.29) is 11.5 Å². The fraction of sp³-hybridized carbons (Fsp3) is 0.417. The molecule has 1 aromatic rings. The lowest BCUT2D eigenvalue weighted by Gasteiger charge is -2.20. The minimum absolute atomic E-state index is 0.0145. The molecule has 0 aromatic heterocycles. The Morgan fingerprint density at radius 3 is 2.28 bits per heavy atom. The van der Waals surface area contributed by atoms with Crippen LogP contribution in [0, 0.1) is 11.6 Å². The summed E-state index contributed by atoms with van der Waals surface area (Å²) in [6, 6.07) is 1.97. The number of nitrogens with one attached hydrogen (secondary N) is 1. The highest BCUT2D eigenvalue weighted by molar-refractivity contribution is 5.94. The third-order valence-electron chi connectivity index (χ3n) is 2.60. The number of anilines is 1. The maximum absolute atomic E-state index is 13.5. The van der Waals surface area contributed by atoms with Gasteiger partial charge in [0.2, 0.25) is 0 Å². The topological polar surface area (TPSA) is 58.4 Å². The molecule has 0 heterocycles. The lowest BCUT2D eigenvalue weighted by Crippen LogP contribution is -2.31. The molecule has 0 aliphatic rings. The van der Waals surface area contributed by atoms with E-state index in [4.69, 9.17) is 5.84 Å². The first-order valence-corrected chi connectivity index (χ1v) is 5.80.